The third-order valence-electron chi connectivity index (χ3n) is 4.26. The van der Waals surface area contributed by atoms with E-state index in [9.17, 15) is 0 Å². The molecule has 136 valence electrons. The van der Waals surface area contributed by atoms with Gasteiger partial charge in [0.25, 0.3) is 0 Å². The summed E-state index contributed by atoms with van der Waals surface area (Å²) in [6.07, 6.45) is 2.37. The molecular weight excluding hydrogens is 404 g/mol. The summed E-state index contributed by atoms with van der Waals surface area (Å²) in [7, 11) is -4.94. The van der Waals surface area contributed by atoms with Crippen LogP contribution in [0.15, 0.2) is 59.5 Å². The molecule has 1 aliphatic heterocycles. The molecule has 7 heteroatoms. The van der Waals surface area contributed by atoms with Crippen LogP contribution < -0.4 is 23.2 Å². The summed E-state index contributed by atoms with van der Waals surface area (Å²) in [6.45, 7) is 2.18. The number of aryl methyl sites for hydroxylation is 1. The molecule has 0 unspecified atom stereocenters. The molecule has 0 saturated carbocycles. The van der Waals surface area contributed by atoms with Gasteiger partial charge >= 0.3 is 0 Å². The molecule has 0 atom stereocenters. The number of rotatable bonds is 0. The van der Waals surface area contributed by atoms with Crippen molar-refractivity contribution in [2.75, 3.05) is 0 Å². The van der Waals surface area contributed by atoms with Crippen molar-refractivity contribution in [1.29, 1.82) is 0 Å². The fourth-order valence-electron chi connectivity index (χ4n) is 3.36. The quantitative estimate of drug-likeness (QED) is 0.295. The van der Waals surface area contributed by atoms with E-state index in [1.54, 1.807) is 0 Å². The lowest BCUT2D eigenvalue weighted by molar-refractivity contribution is -2.00. The summed E-state index contributed by atoms with van der Waals surface area (Å²) < 4.78 is 36.8. The minimum absolute atomic E-state index is 1.36. The van der Waals surface area contributed by atoms with Gasteiger partial charge in [0, 0.05) is 17.0 Å². The van der Waals surface area contributed by atoms with E-state index < -0.39 is 10.2 Å². The van der Waals surface area contributed by atoms with Crippen LogP contribution >= 0.6 is 11.3 Å². The average molecular weight is 417 g/mol. The van der Waals surface area contributed by atoms with Gasteiger partial charge in [0.2, 0.25) is 20.8 Å². The van der Waals surface area contributed by atoms with Crippen molar-refractivity contribution in [3.8, 4) is 11.1 Å². The van der Waals surface area contributed by atoms with Crippen LogP contribution in [0.5, 0.6) is 0 Å². The third-order valence-corrected chi connectivity index (χ3v) is 6.49. The van der Waals surface area contributed by atoms with Crippen LogP contribution in [0.1, 0.15) is 16.0 Å². The van der Waals surface area contributed by atoms with Gasteiger partial charge in [-0.25, -0.2) is 18.6 Å². The number of halogens is 1. The monoisotopic (exact) mass is 416 g/mol. The molecular formula is C20H13ClO4S2. The Hall–Kier alpha value is -1.90. The summed E-state index contributed by atoms with van der Waals surface area (Å²) in [5, 5.41) is 0. The summed E-state index contributed by atoms with van der Waals surface area (Å²) in [6, 6.07) is 19.8. The van der Waals surface area contributed by atoms with Gasteiger partial charge in [-0.05, 0) is 29.2 Å². The number of benzene rings is 2. The number of fused-ring (bicyclic) bond motifs is 4. The van der Waals surface area contributed by atoms with Crippen LogP contribution in [0.4, 0.5) is 0 Å². The molecule has 0 amide bonds. The van der Waals surface area contributed by atoms with Gasteiger partial charge < -0.3 is 0 Å². The topological polar surface area (TPSA) is 92.2 Å². The first-order valence-corrected chi connectivity index (χ1v) is 10.9. The molecule has 0 N–H and O–H groups in total. The van der Waals surface area contributed by atoms with Gasteiger partial charge in [-0.15, -0.1) is 21.6 Å². The van der Waals surface area contributed by atoms with Crippen LogP contribution in [0.2, 0.25) is 0 Å². The molecule has 0 radical (unpaired) electrons. The van der Waals surface area contributed by atoms with Gasteiger partial charge in [0.15, 0.2) is 0 Å². The zero-order valence-corrected chi connectivity index (χ0v) is 16.5. The zero-order valence-electron chi connectivity index (χ0n) is 14.1. The van der Waals surface area contributed by atoms with Crippen LogP contribution in [-0.2, 0) is 11.4 Å². The molecule has 27 heavy (non-hydrogen) atoms. The fourth-order valence-corrected chi connectivity index (χ4v) is 5.75. The van der Waals surface area contributed by atoms with Gasteiger partial charge in [0.1, 0.15) is 0 Å². The lowest BCUT2D eigenvalue weighted by Crippen LogP contribution is -2.68. The molecule has 3 aromatic rings. The van der Waals surface area contributed by atoms with E-state index in [-0.39, 0.29) is 0 Å². The molecule has 0 saturated heterocycles. The average Bonchev–Trinajstić information content (AvgIpc) is 3.21. The molecule has 0 fully saturated rings. The van der Waals surface area contributed by atoms with Gasteiger partial charge in [0.05, 0.1) is 10.1 Å². The summed E-state index contributed by atoms with van der Waals surface area (Å²) in [5.74, 6) is 0. The summed E-state index contributed by atoms with van der Waals surface area (Å²) in [5.41, 5.74) is 6.86. The molecule has 5 rings (SSSR count). The van der Waals surface area contributed by atoms with E-state index in [0.717, 1.165) is 0 Å². The lowest BCUT2D eigenvalue weighted by atomic mass is 10.0. The molecule has 2 aromatic carbocycles. The van der Waals surface area contributed by atoms with E-state index in [4.69, 9.17) is 18.6 Å². The van der Waals surface area contributed by atoms with Crippen molar-refractivity contribution >= 4 is 34.3 Å². The number of allylic oxidation sites excluding steroid dienone is 1. The molecule has 1 aliphatic carbocycles. The highest BCUT2D eigenvalue weighted by atomic mass is 35.7. The van der Waals surface area contributed by atoms with Crippen LogP contribution in [0, 0.1) is 21.7 Å². The second kappa shape index (κ2) is 6.92. The van der Waals surface area contributed by atoms with Gasteiger partial charge in [-0.2, -0.15) is 0 Å². The number of hydrogen-bond acceptors (Lipinski definition) is 5. The van der Waals surface area contributed by atoms with Crippen molar-refractivity contribution in [3.05, 3.63) is 84.5 Å². The minimum atomic E-state index is -4.94. The zero-order chi connectivity index (χ0) is 19.2. The summed E-state index contributed by atoms with van der Waals surface area (Å²) in [4.78, 5) is 2.78. The first-order valence-electron chi connectivity index (χ1n) is 7.99. The minimum Gasteiger partial charge on any atom is -0.222 e. The first-order chi connectivity index (χ1) is 12.8. The third kappa shape index (κ3) is 3.74. The van der Waals surface area contributed by atoms with Crippen molar-refractivity contribution in [1.82, 2.24) is 0 Å². The Balaban J connectivity index is 0.000000323. The Morgan fingerprint density at radius 2 is 1.30 bits per heavy atom. The maximum atomic E-state index is 8.49. The van der Waals surface area contributed by atoms with Crippen molar-refractivity contribution < 1.29 is 28.9 Å². The molecule has 2 aliphatic rings. The highest BCUT2D eigenvalue weighted by molar-refractivity contribution is 7.76. The standard InChI is InChI=1S/C20H13S2.ClHO4/c1-12-10-17-18(21-12)11-19(22-17)20-15-8-4-2-6-13(15)14-7-3-5-9-16(14)20;2-1(3,4)5/h2-11H,1H3;(H,2,3,4,5)/q+1;/p-1. The Labute approximate surface area is 165 Å². The Morgan fingerprint density at radius 3 is 1.78 bits per heavy atom. The van der Waals surface area contributed by atoms with Crippen LogP contribution in [0.25, 0.3) is 22.8 Å². The lowest BCUT2D eigenvalue weighted by Gasteiger charge is -2.17. The number of thiophene rings is 1. The number of hydrogen-bond donors (Lipinski definition) is 0. The largest absolute Gasteiger partial charge is 0.249 e. The highest BCUT2D eigenvalue weighted by Crippen LogP contribution is 2.45. The fraction of sp³-hybridized carbons (Fsp3) is 0.0500. The SMILES string of the molecule is Cc1cc2c(s1)=CC(=C1c3ccccc3-c3ccccc31)[S+]=2.[O-][Cl+3]([O-])([O-])[O-]. The van der Waals surface area contributed by atoms with Crippen LogP contribution in [0.3, 0.4) is 0 Å². The molecule has 4 nitrogen and oxygen atoms in total. The predicted octanol–water partition coefficient (Wildman–Crippen LogP) is -0.132. The van der Waals surface area contributed by atoms with Crippen molar-refractivity contribution in [3.63, 3.8) is 0 Å². The molecule has 0 spiro atoms. The Bertz CT molecular complexity index is 1100. The van der Waals surface area contributed by atoms with Crippen molar-refractivity contribution in [2.24, 2.45) is 0 Å². The van der Waals surface area contributed by atoms with E-state index in [1.807, 2.05) is 22.7 Å². The Kier molecular flexibility index (Phi) is 4.73. The normalized spacial score (nSPS) is 13.8. The maximum Gasteiger partial charge on any atom is 0.249 e. The highest BCUT2D eigenvalue weighted by Gasteiger charge is 2.30. The Morgan fingerprint density at radius 1 is 0.815 bits per heavy atom. The van der Waals surface area contributed by atoms with Gasteiger partial charge in [-0.3, -0.25) is 0 Å². The van der Waals surface area contributed by atoms with Crippen LogP contribution in [-0.4, -0.2) is 0 Å². The van der Waals surface area contributed by atoms with E-state index >= 15 is 0 Å². The van der Waals surface area contributed by atoms with Gasteiger partial charge in [-0.1, -0.05) is 48.5 Å². The smallest absolute Gasteiger partial charge is 0.222 e. The van der Waals surface area contributed by atoms with E-state index in [1.165, 1.54) is 46.7 Å². The second-order valence-electron chi connectivity index (χ2n) is 6.04. The molecule has 1 aromatic heterocycles. The van der Waals surface area contributed by atoms with E-state index in [2.05, 4.69) is 67.6 Å². The second-order valence-corrected chi connectivity index (χ2v) is 9.17. The molecule has 0 bridgehead atoms. The summed E-state index contributed by atoms with van der Waals surface area (Å²) >= 11 is 3.81. The van der Waals surface area contributed by atoms with E-state index in [0.29, 0.717) is 0 Å². The first kappa shape index (κ1) is 18.5. The maximum absolute atomic E-state index is 8.49. The predicted molar refractivity (Wildman–Crippen MR) is 97.2 cm³/mol. The molecule has 2 heterocycles. The van der Waals surface area contributed by atoms with Crippen molar-refractivity contribution in [2.45, 2.75) is 6.92 Å².